The average molecular weight is 643 g/mol. The van der Waals surface area contributed by atoms with Crippen LogP contribution in [0, 0.1) is 17.6 Å². The van der Waals surface area contributed by atoms with E-state index in [9.17, 15) is 17.6 Å². The van der Waals surface area contributed by atoms with E-state index in [-0.39, 0.29) is 41.0 Å². The van der Waals surface area contributed by atoms with E-state index >= 15 is 4.39 Å². The largest absolute Gasteiger partial charge is 0.337 e. The van der Waals surface area contributed by atoms with Crippen LogP contribution in [0.25, 0.3) is 55.8 Å². The fourth-order valence-corrected chi connectivity index (χ4v) is 6.35. The highest BCUT2D eigenvalue weighted by molar-refractivity contribution is 7.88. The van der Waals surface area contributed by atoms with Crippen LogP contribution in [0.4, 0.5) is 14.5 Å². The van der Waals surface area contributed by atoms with Crippen LogP contribution in [0.3, 0.4) is 0 Å². The van der Waals surface area contributed by atoms with Crippen molar-refractivity contribution in [2.75, 3.05) is 11.6 Å². The summed E-state index contributed by atoms with van der Waals surface area (Å²) in [7, 11) is -3.48. The maximum absolute atomic E-state index is 16.2. The van der Waals surface area contributed by atoms with Gasteiger partial charge in [-0.2, -0.15) is 5.10 Å². The third-order valence-electron chi connectivity index (χ3n) is 8.09. The number of nitrogens with zero attached hydrogens (tertiary/aromatic N) is 4. The van der Waals surface area contributed by atoms with Gasteiger partial charge >= 0.3 is 0 Å². The van der Waals surface area contributed by atoms with E-state index in [1.165, 1.54) is 30.7 Å². The molecule has 4 aromatic heterocycles. The lowest BCUT2D eigenvalue weighted by Crippen LogP contribution is -2.21. The van der Waals surface area contributed by atoms with Crippen molar-refractivity contribution < 1.29 is 22.0 Å². The van der Waals surface area contributed by atoms with Gasteiger partial charge in [0.25, 0.3) is 0 Å². The van der Waals surface area contributed by atoms with E-state index < -0.39 is 21.7 Å². The van der Waals surface area contributed by atoms with Gasteiger partial charge in [-0.05, 0) is 54.3 Å². The van der Waals surface area contributed by atoms with Gasteiger partial charge in [0.05, 0.1) is 46.3 Å². The maximum atomic E-state index is 16.2. The Morgan fingerprint density at radius 1 is 1.00 bits per heavy atom. The fourth-order valence-electron chi connectivity index (χ4n) is 5.92. The number of sulfonamides is 1. The van der Waals surface area contributed by atoms with Gasteiger partial charge in [0.1, 0.15) is 17.2 Å². The molecule has 0 saturated heterocycles. The predicted molar refractivity (Wildman–Crippen MR) is 170 cm³/mol. The van der Waals surface area contributed by atoms with Crippen molar-refractivity contribution in [1.29, 1.82) is 0 Å². The van der Waals surface area contributed by atoms with Crippen molar-refractivity contribution in [3.8, 4) is 33.9 Å². The molecular formula is C32H28F2N8O3S. The first-order chi connectivity index (χ1) is 22.1. The number of pyridine rings is 2. The number of carbonyl (C=O) groups is 1. The van der Waals surface area contributed by atoms with Crippen molar-refractivity contribution >= 4 is 43.6 Å². The average Bonchev–Trinajstić information content (AvgIpc) is 3.80. The van der Waals surface area contributed by atoms with Crippen LogP contribution >= 0.6 is 0 Å². The lowest BCUT2D eigenvalue weighted by Gasteiger charge is -2.11. The van der Waals surface area contributed by atoms with E-state index in [4.69, 9.17) is 4.98 Å². The van der Waals surface area contributed by atoms with Gasteiger partial charge in [0.2, 0.25) is 15.9 Å². The molecule has 1 fully saturated rings. The topological polar surface area (TPSA) is 158 Å². The van der Waals surface area contributed by atoms with Crippen molar-refractivity contribution in [1.82, 2.24) is 34.9 Å². The zero-order chi connectivity index (χ0) is 32.0. The molecule has 0 bridgehead atoms. The normalized spacial score (nSPS) is 14.0. The zero-order valence-electron chi connectivity index (χ0n) is 24.6. The Labute approximate surface area is 261 Å². The van der Waals surface area contributed by atoms with Gasteiger partial charge in [-0.3, -0.25) is 19.9 Å². The minimum atomic E-state index is -3.48. The first-order valence-electron chi connectivity index (χ1n) is 14.7. The second-order valence-electron chi connectivity index (χ2n) is 11.4. The first-order valence-corrected chi connectivity index (χ1v) is 16.5. The number of hydrogen-bond acceptors (Lipinski definition) is 7. The third-order valence-corrected chi connectivity index (χ3v) is 8.76. The number of aromatic amines is 2. The minimum Gasteiger partial charge on any atom is -0.337 e. The smallest absolute Gasteiger partial charge is 0.227 e. The molecule has 1 saturated carbocycles. The molecule has 4 N–H and O–H groups in total. The van der Waals surface area contributed by atoms with Gasteiger partial charge in [-0.15, -0.1) is 0 Å². The predicted octanol–water partition coefficient (Wildman–Crippen LogP) is 5.69. The maximum Gasteiger partial charge on any atom is 0.227 e. The zero-order valence-corrected chi connectivity index (χ0v) is 25.4. The second kappa shape index (κ2) is 11.7. The number of rotatable bonds is 8. The lowest BCUT2D eigenvalue weighted by atomic mass is 10.0. The van der Waals surface area contributed by atoms with Crippen LogP contribution in [-0.2, 0) is 21.4 Å². The van der Waals surface area contributed by atoms with Crippen LogP contribution in [0.15, 0.2) is 61.1 Å². The Morgan fingerprint density at radius 3 is 2.63 bits per heavy atom. The summed E-state index contributed by atoms with van der Waals surface area (Å²) >= 11 is 0. The van der Waals surface area contributed by atoms with E-state index in [1.54, 1.807) is 30.3 Å². The summed E-state index contributed by atoms with van der Waals surface area (Å²) in [4.78, 5) is 29.1. The Bertz CT molecular complexity index is 2240. The highest BCUT2D eigenvalue weighted by Crippen LogP contribution is 2.35. The molecule has 7 rings (SSSR count). The number of nitrogens with one attached hydrogen (secondary N) is 4. The molecule has 1 aliphatic rings. The third kappa shape index (κ3) is 5.84. The molecule has 1 amide bonds. The summed E-state index contributed by atoms with van der Waals surface area (Å²) < 4.78 is 56.4. The van der Waals surface area contributed by atoms with E-state index in [2.05, 4.69) is 35.2 Å². The molecular weight excluding hydrogens is 614 g/mol. The number of imidazole rings is 1. The van der Waals surface area contributed by atoms with Gasteiger partial charge in [-0.1, -0.05) is 25.0 Å². The fraction of sp³-hybridized carbons (Fsp3) is 0.219. The Kier molecular flexibility index (Phi) is 7.53. The molecule has 234 valence electrons. The summed E-state index contributed by atoms with van der Waals surface area (Å²) in [6, 6.07) is 11.3. The van der Waals surface area contributed by atoms with Crippen LogP contribution in [0.2, 0.25) is 0 Å². The van der Waals surface area contributed by atoms with Gasteiger partial charge in [-0.25, -0.2) is 26.9 Å². The standard InChI is InChI=1S/C32H28F2N8O3S/c1-46(44,45)37-13-17-9-19(11-21(33)10-17)23-7-4-8-24-29(23)40-31(39-24)30-26-25(41-42-30)16-36-28(27(26)34)20-12-22(15-35-14-20)38-32(43)18-5-2-3-6-18/h4,7-12,14-16,18,37H,2-3,5-6,13H2,1H3,(H,38,43)(H,39,40)(H,41,42). The number of amides is 1. The van der Waals surface area contributed by atoms with Crippen LogP contribution < -0.4 is 10.0 Å². The summed E-state index contributed by atoms with van der Waals surface area (Å²) in [6.45, 7) is -0.0778. The number of benzene rings is 2. The first kappa shape index (κ1) is 29.6. The molecule has 0 aliphatic heterocycles. The summed E-state index contributed by atoms with van der Waals surface area (Å²) in [6.07, 6.45) is 9.27. The number of anilines is 1. The molecule has 0 spiro atoms. The van der Waals surface area contributed by atoms with Gasteiger partial charge < -0.3 is 10.3 Å². The number of H-pyrrole nitrogens is 2. The summed E-state index contributed by atoms with van der Waals surface area (Å²) in [5, 5.41) is 10.2. The molecule has 46 heavy (non-hydrogen) atoms. The SMILES string of the molecule is CS(=O)(=O)NCc1cc(F)cc(-c2cccc3[nH]c(-c4n[nH]c5cnc(-c6cncc(NC(=O)C7CCCC7)c6)c(F)c45)nc23)c1. The highest BCUT2D eigenvalue weighted by Gasteiger charge is 2.24. The van der Waals surface area contributed by atoms with Crippen molar-refractivity contribution in [3.63, 3.8) is 0 Å². The molecule has 1 aliphatic carbocycles. The number of para-hydroxylation sites is 1. The quantitative estimate of drug-likeness (QED) is 0.166. The van der Waals surface area contributed by atoms with Crippen molar-refractivity contribution in [2.24, 2.45) is 5.92 Å². The van der Waals surface area contributed by atoms with E-state index in [0.717, 1.165) is 31.9 Å². The number of aromatic nitrogens is 6. The second-order valence-corrected chi connectivity index (χ2v) is 13.3. The molecule has 0 atom stereocenters. The molecule has 6 aromatic rings. The Morgan fingerprint density at radius 2 is 1.83 bits per heavy atom. The summed E-state index contributed by atoms with van der Waals surface area (Å²) in [5.74, 6) is -1.01. The van der Waals surface area contributed by atoms with Crippen molar-refractivity contribution in [2.45, 2.75) is 32.2 Å². The molecule has 4 heterocycles. The van der Waals surface area contributed by atoms with E-state index in [0.29, 0.717) is 44.5 Å². The lowest BCUT2D eigenvalue weighted by molar-refractivity contribution is -0.119. The Hall–Kier alpha value is -5.08. The molecule has 14 heteroatoms. The molecule has 0 radical (unpaired) electrons. The van der Waals surface area contributed by atoms with Gasteiger partial charge in [0.15, 0.2) is 11.6 Å². The highest BCUT2D eigenvalue weighted by atomic mass is 32.2. The Balaban J connectivity index is 1.25. The number of hydrogen-bond donors (Lipinski definition) is 4. The van der Waals surface area contributed by atoms with Crippen LogP contribution in [-0.4, -0.2) is 50.7 Å². The molecule has 11 nitrogen and oxygen atoms in total. The molecule has 0 unspecified atom stereocenters. The molecule has 2 aromatic carbocycles. The van der Waals surface area contributed by atoms with Crippen LogP contribution in [0.5, 0.6) is 0 Å². The monoisotopic (exact) mass is 642 g/mol. The van der Waals surface area contributed by atoms with E-state index in [1.807, 2.05) is 0 Å². The number of fused-ring (bicyclic) bond motifs is 2. The number of halogens is 2. The van der Waals surface area contributed by atoms with Gasteiger partial charge in [0, 0.05) is 29.8 Å². The summed E-state index contributed by atoms with van der Waals surface area (Å²) in [5.41, 5.74) is 4.06. The number of carbonyl (C=O) groups excluding carboxylic acids is 1. The van der Waals surface area contributed by atoms with Crippen molar-refractivity contribution in [3.05, 3.63) is 78.3 Å². The van der Waals surface area contributed by atoms with Crippen LogP contribution in [0.1, 0.15) is 31.2 Å². The minimum absolute atomic E-state index is 0.0337.